The molecule has 1 aliphatic carbocycles. The van der Waals surface area contributed by atoms with E-state index in [1.54, 1.807) is 25.7 Å². The first kappa shape index (κ1) is 13.3. The van der Waals surface area contributed by atoms with E-state index in [1.807, 2.05) is 0 Å². The van der Waals surface area contributed by atoms with Gasteiger partial charge in [-0.3, -0.25) is 14.0 Å². The van der Waals surface area contributed by atoms with E-state index in [9.17, 15) is 14.0 Å². The van der Waals surface area contributed by atoms with E-state index in [2.05, 4.69) is 5.32 Å². The van der Waals surface area contributed by atoms with Gasteiger partial charge >= 0.3 is 0 Å². The summed E-state index contributed by atoms with van der Waals surface area (Å²) in [5.41, 5.74) is -1.68. The molecule has 1 atom stereocenters. The van der Waals surface area contributed by atoms with Crippen molar-refractivity contribution in [1.82, 2.24) is 10.2 Å². The molecule has 2 aliphatic rings. The van der Waals surface area contributed by atoms with Crippen molar-refractivity contribution in [3.8, 4) is 0 Å². The fraction of sp³-hybridized carbons (Fsp3) is 0.846. The summed E-state index contributed by atoms with van der Waals surface area (Å²) in [6, 6.07) is 0. The van der Waals surface area contributed by atoms with Crippen molar-refractivity contribution < 1.29 is 14.0 Å². The lowest BCUT2D eigenvalue weighted by atomic mass is 9.85. The molecule has 1 N–H and O–H groups in total. The molecule has 2 amide bonds. The minimum absolute atomic E-state index is 0.0666. The Balaban J connectivity index is 2.27. The zero-order valence-electron chi connectivity index (χ0n) is 11.3. The molecule has 1 saturated heterocycles. The average Bonchev–Trinajstić information content (AvgIpc) is 3.11. The standard InChI is InChI=1S/C13H21FN2O2/c1-12(2)10(17)15-13(3,9-5-6-9)11(18)16(12)8-4-7-14/h9H,4-8H2,1-3H3,(H,15,17). The predicted octanol–water partition coefficient (Wildman–Crippen LogP) is 1.25. The third-order valence-corrected chi connectivity index (χ3v) is 4.20. The van der Waals surface area contributed by atoms with Crippen LogP contribution in [0.4, 0.5) is 4.39 Å². The SMILES string of the molecule is CC1(C2CC2)NC(=O)C(C)(C)N(CCCF)C1=O. The van der Waals surface area contributed by atoms with E-state index in [-0.39, 0.29) is 24.2 Å². The summed E-state index contributed by atoms with van der Waals surface area (Å²) in [5.74, 6) is 0.0244. The molecular formula is C13H21FN2O2. The minimum atomic E-state index is -0.888. The van der Waals surface area contributed by atoms with Gasteiger partial charge in [-0.15, -0.1) is 0 Å². The topological polar surface area (TPSA) is 49.4 Å². The molecule has 0 aromatic heterocycles. The van der Waals surface area contributed by atoms with E-state index in [0.29, 0.717) is 6.54 Å². The van der Waals surface area contributed by atoms with E-state index in [0.717, 1.165) is 12.8 Å². The number of rotatable bonds is 4. The van der Waals surface area contributed by atoms with Crippen molar-refractivity contribution in [2.75, 3.05) is 13.2 Å². The molecule has 5 heteroatoms. The first-order chi connectivity index (χ1) is 8.34. The molecule has 4 nitrogen and oxygen atoms in total. The summed E-state index contributed by atoms with van der Waals surface area (Å²) < 4.78 is 12.3. The van der Waals surface area contributed by atoms with E-state index >= 15 is 0 Å². The fourth-order valence-electron chi connectivity index (χ4n) is 2.64. The second-order valence-corrected chi connectivity index (χ2v) is 5.99. The molecular weight excluding hydrogens is 235 g/mol. The molecule has 1 saturated carbocycles. The van der Waals surface area contributed by atoms with Crippen molar-refractivity contribution >= 4 is 11.8 Å². The molecule has 0 aromatic carbocycles. The van der Waals surface area contributed by atoms with E-state index in [1.165, 1.54) is 0 Å². The zero-order valence-corrected chi connectivity index (χ0v) is 11.3. The van der Waals surface area contributed by atoms with Crippen LogP contribution >= 0.6 is 0 Å². The van der Waals surface area contributed by atoms with Crippen LogP contribution in [0.1, 0.15) is 40.0 Å². The first-order valence-corrected chi connectivity index (χ1v) is 6.54. The van der Waals surface area contributed by atoms with Crippen LogP contribution in [0.5, 0.6) is 0 Å². The van der Waals surface area contributed by atoms with Crippen LogP contribution in [0.15, 0.2) is 0 Å². The van der Waals surface area contributed by atoms with Crippen molar-refractivity contribution in [1.29, 1.82) is 0 Å². The van der Waals surface area contributed by atoms with Gasteiger partial charge in [-0.05, 0) is 46.0 Å². The maximum Gasteiger partial charge on any atom is 0.249 e. The molecule has 0 radical (unpaired) electrons. The monoisotopic (exact) mass is 256 g/mol. The van der Waals surface area contributed by atoms with Gasteiger partial charge in [0.15, 0.2) is 0 Å². The Hall–Kier alpha value is -1.13. The highest BCUT2D eigenvalue weighted by atomic mass is 19.1. The van der Waals surface area contributed by atoms with Gasteiger partial charge in [-0.25, -0.2) is 0 Å². The molecule has 0 spiro atoms. The van der Waals surface area contributed by atoms with Crippen LogP contribution in [0.3, 0.4) is 0 Å². The van der Waals surface area contributed by atoms with Gasteiger partial charge in [0, 0.05) is 6.54 Å². The molecule has 18 heavy (non-hydrogen) atoms. The number of nitrogens with one attached hydrogen (secondary N) is 1. The molecule has 1 unspecified atom stereocenters. The van der Waals surface area contributed by atoms with Gasteiger partial charge in [0.05, 0.1) is 6.67 Å². The molecule has 0 aromatic rings. The van der Waals surface area contributed by atoms with Crippen LogP contribution in [-0.4, -0.2) is 41.0 Å². The molecule has 102 valence electrons. The maximum atomic E-state index is 12.6. The highest BCUT2D eigenvalue weighted by molar-refractivity contribution is 6.02. The number of piperazine rings is 1. The second kappa shape index (κ2) is 4.21. The first-order valence-electron chi connectivity index (χ1n) is 6.54. The van der Waals surface area contributed by atoms with Gasteiger partial charge in [0.2, 0.25) is 11.8 Å². The smallest absolute Gasteiger partial charge is 0.249 e. The molecule has 2 rings (SSSR count). The third kappa shape index (κ3) is 1.89. The highest BCUT2D eigenvalue weighted by Crippen LogP contribution is 2.43. The quantitative estimate of drug-likeness (QED) is 0.823. The Labute approximate surface area is 107 Å². The van der Waals surface area contributed by atoms with E-state index in [4.69, 9.17) is 0 Å². The third-order valence-electron chi connectivity index (χ3n) is 4.20. The summed E-state index contributed by atoms with van der Waals surface area (Å²) in [6.07, 6.45) is 2.23. The lowest BCUT2D eigenvalue weighted by Gasteiger charge is -2.49. The Morgan fingerprint density at radius 3 is 2.44 bits per heavy atom. The summed E-state index contributed by atoms with van der Waals surface area (Å²) in [5, 5.41) is 2.88. The van der Waals surface area contributed by atoms with Crippen LogP contribution in [0.25, 0.3) is 0 Å². The van der Waals surface area contributed by atoms with Gasteiger partial charge in [0.1, 0.15) is 11.1 Å². The van der Waals surface area contributed by atoms with Crippen LogP contribution in [0.2, 0.25) is 0 Å². The lowest BCUT2D eigenvalue weighted by Crippen LogP contribution is -2.74. The minimum Gasteiger partial charge on any atom is -0.340 e. The molecule has 2 fully saturated rings. The number of alkyl halides is 1. The van der Waals surface area contributed by atoms with Crippen LogP contribution in [-0.2, 0) is 9.59 Å². The normalized spacial score (nSPS) is 31.4. The maximum absolute atomic E-state index is 12.6. The number of hydrogen-bond acceptors (Lipinski definition) is 2. The summed E-state index contributed by atoms with van der Waals surface area (Å²) >= 11 is 0. The molecule has 1 heterocycles. The Morgan fingerprint density at radius 1 is 1.33 bits per heavy atom. The number of carbonyl (C=O) groups excluding carboxylic acids is 2. The van der Waals surface area contributed by atoms with Gasteiger partial charge in [0.25, 0.3) is 0 Å². The number of carbonyl (C=O) groups is 2. The highest BCUT2D eigenvalue weighted by Gasteiger charge is 2.57. The van der Waals surface area contributed by atoms with Crippen LogP contribution in [0, 0.1) is 5.92 Å². The summed E-state index contributed by atoms with van der Waals surface area (Å²) in [7, 11) is 0. The fourth-order valence-corrected chi connectivity index (χ4v) is 2.64. The largest absolute Gasteiger partial charge is 0.340 e. The van der Waals surface area contributed by atoms with E-state index < -0.39 is 17.8 Å². The summed E-state index contributed by atoms with van der Waals surface area (Å²) in [4.78, 5) is 26.3. The summed E-state index contributed by atoms with van der Waals surface area (Å²) in [6.45, 7) is 5.05. The van der Waals surface area contributed by atoms with Crippen molar-refractivity contribution in [3.05, 3.63) is 0 Å². The van der Waals surface area contributed by atoms with Gasteiger partial charge in [-0.2, -0.15) is 0 Å². The van der Waals surface area contributed by atoms with Crippen LogP contribution < -0.4 is 5.32 Å². The Bertz CT molecular complexity index is 379. The molecule has 0 bridgehead atoms. The number of nitrogens with zero attached hydrogens (tertiary/aromatic N) is 1. The van der Waals surface area contributed by atoms with Gasteiger partial charge in [-0.1, -0.05) is 0 Å². The average molecular weight is 256 g/mol. The number of hydrogen-bond donors (Lipinski definition) is 1. The Morgan fingerprint density at radius 2 is 1.94 bits per heavy atom. The van der Waals surface area contributed by atoms with Crippen molar-refractivity contribution in [2.45, 2.75) is 51.1 Å². The Kier molecular flexibility index (Phi) is 3.11. The predicted molar refractivity (Wildman–Crippen MR) is 65.7 cm³/mol. The van der Waals surface area contributed by atoms with Crippen molar-refractivity contribution in [3.63, 3.8) is 0 Å². The zero-order chi connectivity index (χ0) is 13.6. The number of halogens is 1. The number of amides is 2. The molecule has 1 aliphatic heterocycles. The lowest BCUT2D eigenvalue weighted by molar-refractivity contribution is -0.161. The second-order valence-electron chi connectivity index (χ2n) is 5.99. The van der Waals surface area contributed by atoms with Gasteiger partial charge < -0.3 is 10.2 Å². The van der Waals surface area contributed by atoms with Crippen molar-refractivity contribution in [2.24, 2.45) is 5.92 Å².